The number of hydrogen-bond acceptors (Lipinski definition) is 6. The highest BCUT2D eigenvalue weighted by Gasteiger charge is 2.16. The second kappa shape index (κ2) is 8.06. The normalized spacial score (nSPS) is 11.1. The predicted octanol–water partition coefficient (Wildman–Crippen LogP) is 1.56. The maximum atomic E-state index is 11.8. The largest absolute Gasteiger partial charge is 0.504 e. The monoisotopic (exact) mass is 294 g/mol. The number of carbonyl (C=O) groups is 2. The van der Waals surface area contributed by atoms with E-state index in [4.69, 9.17) is 14.2 Å². The molecule has 0 atom stereocenters. The minimum Gasteiger partial charge on any atom is -0.504 e. The van der Waals surface area contributed by atoms with E-state index in [9.17, 15) is 14.7 Å². The Hall–Kier alpha value is -2.34. The molecule has 0 fully saturated rings. The number of aromatic hydroxyl groups is 1. The van der Waals surface area contributed by atoms with Crippen molar-refractivity contribution in [3.63, 3.8) is 0 Å². The van der Waals surface area contributed by atoms with Crippen LogP contribution in [0.25, 0.3) is 6.08 Å². The summed E-state index contributed by atoms with van der Waals surface area (Å²) in [4.78, 5) is 23.4. The van der Waals surface area contributed by atoms with Crippen molar-refractivity contribution in [3.05, 3.63) is 29.3 Å². The van der Waals surface area contributed by atoms with Crippen LogP contribution < -0.4 is 4.74 Å². The summed E-state index contributed by atoms with van der Waals surface area (Å²) in [6.07, 6.45) is 1.36. The third kappa shape index (κ3) is 4.92. The fourth-order valence-electron chi connectivity index (χ4n) is 1.56. The number of rotatable bonds is 7. The summed E-state index contributed by atoms with van der Waals surface area (Å²) in [6.45, 7) is 1.58. The molecule has 0 heterocycles. The Balaban J connectivity index is 2.96. The second-order valence-electron chi connectivity index (χ2n) is 4.17. The predicted molar refractivity (Wildman–Crippen MR) is 76.2 cm³/mol. The summed E-state index contributed by atoms with van der Waals surface area (Å²) >= 11 is 0. The van der Waals surface area contributed by atoms with Crippen molar-refractivity contribution in [1.82, 2.24) is 0 Å². The van der Waals surface area contributed by atoms with Gasteiger partial charge in [-0.2, -0.15) is 0 Å². The van der Waals surface area contributed by atoms with Crippen LogP contribution in [0.4, 0.5) is 0 Å². The average molecular weight is 294 g/mol. The summed E-state index contributed by atoms with van der Waals surface area (Å²) in [5.41, 5.74) is 0.387. The number of carbonyl (C=O) groups excluding carboxylic acids is 2. The van der Waals surface area contributed by atoms with E-state index < -0.39 is 11.8 Å². The standard InChI is InChI=1S/C15H18O6/c1-10(16)12(15(18)21-7-6-19-2)8-11-4-5-14(20-3)13(17)9-11/h4-5,8-9,17H,6-7H2,1-3H3/b12-8+. The topological polar surface area (TPSA) is 82.1 Å². The lowest BCUT2D eigenvalue weighted by Crippen LogP contribution is -2.16. The molecular weight excluding hydrogens is 276 g/mol. The molecular formula is C15H18O6. The number of phenols is 1. The summed E-state index contributed by atoms with van der Waals surface area (Å²) < 4.78 is 14.6. The summed E-state index contributed by atoms with van der Waals surface area (Å²) in [7, 11) is 2.91. The van der Waals surface area contributed by atoms with Crippen molar-refractivity contribution in [2.75, 3.05) is 27.4 Å². The Morgan fingerprint density at radius 3 is 2.48 bits per heavy atom. The SMILES string of the molecule is COCCOC(=O)/C(=C/c1ccc(OC)c(O)c1)C(C)=O. The molecule has 0 radical (unpaired) electrons. The quantitative estimate of drug-likeness (QED) is 0.270. The lowest BCUT2D eigenvalue weighted by Gasteiger charge is -2.07. The number of phenolic OH excluding ortho intramolecular Hbond substituents is 1. The zero-order chi connectivity index (χ0) is 15.8. The Bertz CT molecular complexity index is 547. The van der Waals surface area contributed by atoms with Gasteiger partial charge in [0.2, 0.25) is 0 Å². The molecule has 0 unspecified atom stereocenters. The first-order valence-corrected chi connectivity index (χ1v) is 6.25. The van der Waals surface area contributed by atoms with Crippen LogP contribution in [0.3, 0.4) is 0 Å². The molecule has 114 valence electrons. The molecule has 0 saturated carbocycles. The number of Topliss-reactive ketones (excluding diaryl/α,β-unsaturated/α-hetero) is 1. The molecule has 1 aromatic rings. The van der Waals surface area contributed by atoms with Gasteiger partial charge in [0.1, 0.15) is 12.2 Å². The maximum absolute atomic E-state index is 11.8. The number of ether oxygens (including phenoxy) is 3. The first-order chi connectivity index (χ1) is 9.99. The van der Waals surface area contributed by atoms with Crippen LogP contribution >= 0.6 is 0 Å². The van der Waals surface area contributed by atoms with E-state index in [0.29, 0.717) is 11.3 Å². The molecule has 6 nitrogen and oxygen atoms in total. The van der Waals surface area contributed by atoms with Crippen molar-refractivity contribution >= 4 is 17.8 Å². The molecule has 0 saturated heterocycles. The van der Waals surface area contributed by atoms with Gasteiger partial charge >= 0.3 is 5.97 Å². The first kappa shape index (κ1) is 16.7. The zero-order valence-corrected chi connectivity index (χ0v) is 12.2. The van der Waals surface area contributed by atoms with Gasteiger partial charge in [-0.15, -0.1) is 0 Å². The molecule has 21 heavy (non-hydrogen) atoms. The highest BCUT2D eigenvalue weighted by molar-refractivity contribution is 6.19. The minimum absolute atomic E-state index is 0.0633. The Morgan fingerprint density at radius 2 is 1.95 bits per heavy atom. The number of ketones is 1. The summed E-state index contributed by atoms with van der Waals surface area (Å²) in [5.74, 6) is -0.927. The van der Waals surface area contributed by atoms with Gasteiger partial charge in [-0.1, -0.05) is 6.07 Å². The highest BCUT2D eigenvalue weighted by Crippen LogP contribution is 2.27. The minimum atomic E-state index is -0.727. The first-order valence-electron chi connectivity index (χ1n) is 6.25. The smallest absolute Gasteiger partial charge is 0.341 e. The average Bonchev–Trinajstić information content (AvgIpc) is 2.44. The van der Waals surface area contributed by atoms with E-state index in [-0.39, 0.29) is 24.5 Å². The van der Waals surface area contributed by atoms with Gasteiger partial charge in [0, 0.05) is 7.11 Å². The highest BCUT2D eigenvalue weighted by atomic mass is 16.6. The maximum Gasteiger partial charge on any atom is 0.341 e. The molecule has 1 rings (SSSR count). The van der Waals surface area contributed by atoms with Crippen LogP contribution in [-0.4, -0.2) is 44.3 Å². The van der Waals surface area contributed by atoms with E-state index in [2.05, 4.69) is 0 Å². The van der Waals surface area contributed by atoms with E-state index in [1.807, 2.05) is 0 Å². The Labute approximate surface area is 122 Å². The van der Waals surface area contributed by atoms with Crippen molar-refractivity contribution in [2.24, 2.45) is 0 Å². The van der Waals surface area contributed by atoms with Crippen LogP contribution in [-0.2, 0) is 19.1 Å². The van der Waals surface area contributed by atoms with Gasteiger partial charge in [0.05, 0.1) is 13.7 Å². The van der Waals surface area contributed by atoms with Gasteiger partial charge in [0.25, 0.3) is 0 Å². The molecule has 0 aliphatic rings. The fraction of sp³-hybridized carbons (Fsp3) is 0.333. The van der Waals surface area contributed by atoms with Gasteiger partial charge in [-0.05, 0) is 30.7 Å². The van der Waals surface area contributed by atoms with Crippen LogP contribution in [0.2, 0.25) is 0 Å². The molecule has 0 aromatic heterocycles. The Kier molecular flexibility index (Phi) is 6.42. The zero-order valence-electron chi connectivity index (χ0n) is 12.2. The van der Waals surface area contributed by atoms with Gasteiger partial charge in [-0.3, -0.25) is 4.79 Å². The summed E-state index contributed by atoms with van der Waals surface area (Å²) in [6, 6.07) is 4.54. The van der Waals surface area contributed by atoms with Crippen LogP contribution in [0.15, 0.2) is 23.8 Å². The number of methoxy groups -OCH3 is 2. The molecule has 1 aromatic carbocycles. The Morgan fingerprint density at radius 1 is 1.24 bits per heavy atom. The lowest BCUT2D eigenvalue weighted by atomic mass is 10.1. The van der Waals surface area contributed by atoms with E-state index in [0.717, 1.165) is 0 Å². The van der Waals surface area contributed by atoms with E-state index >= 15 is 0 Å². The molecule has 1 N–H and O–H groups in total. The van der Waals surface area contributed by atoms with Crippen molar-refractivity contribution in [2.45, 2.75) is 6.92 Å². The van der Waals surface area contributed by atoms with Crippen LogP contribution in [0.5, 0.6) is 11.5 Å². The van der Waals surface area contributed by atoms with Crippen molar-refractivity contribution < 1.29 is 28.9 Å². The van der Waals surface area contributed by atoms with Crippen LogP contribution in [0.1, 0.15) is 12.5 Å². The number of benzene rings is 1. The van der Waals surface area contributed by atoms with Gasteiger partial charge in [0.15, 0.2) is 17.3 Å². The van der Waals surface area contributed by atoms with Crippen molar-refractivity contribution in [3.8, 4) is 11.5 Å². The molecule has 0 aliphatic carbocycles. The van der Waals surface area contributed by atoms with Gasteiger partial charge < -0.3 is 19.3 Å². The van der Waals surface area contributed by atoms with Crippen LogP contribution in [0, 0.1) is 0 Å². The molecule has 0 bridgehead atoms. The van der Waals surface area contributed by atoms with Gasteiger partial charge in [-0.25, -0.2) is 4.79 Å². The molecule has 6 heteroatoms. The molecule has 0 amide bonds. The second-order valence-corrected chi connectivity index (χ2v) is 4.17. The third-order valence-corrected chi connectivity index (χ3v) is 2.63. The third-order valence-electron chi connectivity index (χ3n) is 2.63. The summed E-state index contributed by atoms with van der Waals surface area (Å²) in [5, 5.41) is 9.68. The van der Waals surface area contributed by atoms with Crippen molar-refractivity contribution in [1.29, 1.82) is 0 Å². The van der Waals surface area contributed by atoms with E-state index in [1.54, 1.807) is 6.07 Å². The lowest BCUT2D eigenvalue weighted by molar-refractivity contribution is -0.141. The molecule has 0 spiro atoms. The number of hydrogen-bond donors (Lipinski definition) is 1. The number of esters is 1. The molecule has 0 aliphatic heterocycles. The van der Waals surface area contributed by atoms with E-state index in [1.165, 1.54) is 39.4 Å². The fourth-order valence-corrected chi connectivity index (χ4v) is 1.56.